The Labute approximate surface area is 167 Å². The van der Waals surface area contributed by atoms with E-state index in [1.165, 1.54) is 5.56 Å². The molecule has 0 bridgehead atoms. The first-order chi connectivity index (χ1) is 13.6. The zero-order chi connectivity index (χ0) is 20.4. The quantitative estimate of drug-likeness (QED) is 0.528. The number of aliphatic imine (C=N–C) groups is 1. The molecule has 1 N–H and O–H groups in total. The fraction of sp³-hybridized carbons (Fsp3) is 0.429. The van der Waals surface area contributed by atoms with E-state index in [1.54, 1.807) is 27.5 Å². The first kappa shape index (κ1) is 21.3. The number of nitrogens with one attached hydrogen (secondary N) is 1. The van der Waals surface area contributed by atoms with Gasteiger partial charge in [0.2, 0.25) is 5.88 Å². The van der Waals surface area contributed by atoms with E-state index in [4.69, 9.17) is 14.2 Å². The van der Waals surface area contributed by atoms with Crippen molar-refractivity contribution in [1.29, 1.82) is 0 Å². The number of likely N-dealkylation sites (N-methyl/N-ethyl adjacent to an activating group) is 1. The molecule has 0 amide bonds. The van der Waals surface area contributed by atoms with Crippen LogP contribution in [-0.2, 0) is 13.0 Å². The van der Waals surface area contributed by atoms with Crippen molar-refractivity contribution in [2.45, 2.75) is 19.9 Å². The lowest BCUT2D eigenvalue weighted by molar-refractivity contribution is 0.322. The van der Waals surface area contributed by atoms with Crippen LogP contribution in [0.3, 0.4) is 0 Å². The Morgan fingerprint density at radius 1 is 1.18 bits per heavy atom. The van der Waals surface area contributed by atoms with Gasteiger partial charge in [-0.2, -0.15) is 0 Å². The van der Waals surface area contributed by atoms with E-state index in [1.807, 2.05) is 38.2 Å². The van der Waals surface area contributed by atoms with E-state index >= 15 is 0 Å². The molecule has 2 rings (SSSR count). The highest BCUT2D eigenvalue weighted by Gasteiger charge is 2.10. The molecule has 1 heterocycles. The lowest BCUT2D eigenvalue weighted by Crippen LogP contribution is -2.39. The Morgan fingerprint density at radius 3 is 2.64 bits per heavy atom. The number of nitrogens with zero attached hydrogens (tertiary/aromatic N) is 3. The predicted octanol–water partition coefficient (Wildman–Crippen LogP) is 2.75. The average molecular weight is 386 g/mol. The van der Waals surface area contributed by atoms with Crippen LogP contribution in [-0.4, -0.2) is 57.3 Å². The largest absolute Gasteiger partial charge is 0.493 e. The van der Waals surface area contributed by atoms with Crippen molar-refractivity contribution in [3.63, 3.8) is 0 Å². The van der Waals surface area contributed by atoms with Gasteiger partial charge in [-0.15, -0.1) is 0 Å². The van der Waals surface area contributed by atoms with E-state index in [9.17, 15) is 0 Å². The van der Waals surface area contributed by atoms with Crippen molar-refractivity contribution in [2.24, 2.45) is 4.99 Å². The van der Waals surface area contributed by atoms with Gasteiger partial charge in [0, 0.05) is 38.9 Å². The standard InChI is InChI=1S/C21H30N4O3/c1-6-28-20-17(8-7-12-23-20)15-24-21(22-2)25(3)13-11-16-9-10-18(26-4)19(14-16)27-5/h7-10,12,14H,6,11,13,15H2,1-5H3,(H,22,24). The van der Waals surface area contributed by atoms with Crippen LogP contribution in [0.25, 0.3) is 0 Å². The van der Waals surface area contributed by atoms with Gasteiger partial charge in [0.05, 0.1) is 20.8 Å². The van der Waals surface area contributed by atoms with Gasteiger partial charge in [-0.05, 0) is 37.1 Å². The summed E-state index contributed by atoms with van der Waals surface area (Å²) in [6, 6.07) is 9.89. The van der Waals surface area contributed by atoms with E-state index in [0.29, 0.717) is 19.0 Å². The lowest BCUT2D eigenvalue weighted by atomic mass is 10.1. The monoisotopic (exact) mass is 386 g/mol. The van der Waals surface area contributed by atoms with Crippen molar-refractivity contribution < 1.29 is 14.2 Å². The zero-order valence-corrected chi connectivity index (χ0v) is 17.4. The maximum atomic E-state index is 5.58. The number of hydrogen-bond acceptors (Lipinski definition) is 5. The van der Waals surface area contributed by atoms with E-state index in [-0.39, 0.29) is 0 Å². The maximum absolute atomic E-state index is 5.58. The van der Waals surface area contributed by atoms with Crippen LogP contribution in [0.15, 0.2) is 41.5 Å². The average Bonchev–Trinajstić information content (AvgIpc) is 2.73. The number of benzene rings is 1. The summed E-state index contributed by atoms with van der Waals surface area (Å²) >= 11 is 0. The van der Waals surface area contributed by atoms with Crippen LogP contribution < -0.4 is 19.5 Å². The summed E-state index contributed by atoms with van der Waals surface area (Å²) in [5, 5.41) is 3.37. The molecule has 0 radical (unpaired) electrons. The molecular weight excluding hydrogens is 356 g/mol. The smallest absolute Gasteiger partial charge is 0.218 e. The molecule has 0 aliphatic heterocycles. The number of methoxy groups -OCH3 is 2. The number of rotatable bonds is 9. The third-order valence-corrected chi connectivity index (χ3v) is 4.33. The normalized spacial score (nSPS) is 11.1. The second-order valence-electron chi connectivity index (χ2n) is 6.16. The highest BCUT2D eigenvalue weighted by molar-refractivity contribution is 5.79. The molecule has 28 heavy (non-hydrogen) atoms. The van der Waals surface area contributed by atoms with Gasteiger partial charge >= 0.3 is 0 Å². The topological polar surface area (TPSA) is 68.2 Å². The zero-order valence-electron chi connectivity index (χ0n) is 17.4. The second-order valence-corrected chi connectivity index (χ2v) is 6.16. The van der Waals surface area contributed by atoms with Crippen LogP contribution in [0, 0.1) is 0 Å². The Kier molecular flexibility index (Phi) is 8.39. The van der Waals surface area contributed by atoms with Gasteiger partial charge in [0.1, 0.15) is 0 Å². The van der Waals surface area contributed by atoms with Crippen molar-refractivity contribution in [1.82, 2.24) is 15.2 Å². The van der Waals surface area contributed by atoms with Crippen LogP contribution in [0.2, 0.25) is 0 Å². The van der Waals surface area contributed by atoms with Gasteiger partial charge in [0.25, 0.3) is 0 Å². The van der Waals surface area contributed by atoms with Crippen LogP contribution >= 0.6 is 0 Å². The van der Waals surface area contributed by atoms with Crippen LogP contribution in [0.4, 0.5) is 0 Å². The summed E-state index contributed by atoms with van der Waals surface area (Å²) in [5.74, 6) is 2.94. The van der Waals surface area contributed by atoms with Gasteiger partial charge in [-0.1, -0.05) is 12.1 Å². The van der Waals surface area contributed by atoms with E-state index in [0.717, 1.165) is 36.0 Å². The Morgan fingerprint density at radius 2 is 1.96 bits per heavy atom. The van der Waals surface area contributed by atoms with E-state index < -0.39 is 0 Å². The van der Waals surface area contributed by atoms with Crippen LogP contribution in [0.1, 0.15) is 18.1 Å². The molecule has 0 unspecified atom stereocenters. The highest BCUT2D eigenvalue weighted by atomic mass is 16.5. The maximum Gasteiger partial charge on any atom is 0.218 e. The lowest BCUT2D eigenvalue weighted by Gasteiger charge is -2.22. The molecule has 0 fully saturated rings. The minimum absolute atomic E-state index is 0.587. The molecule has 0 saturated heterocycles. The fourth-order valence-corrected chi connectivity index (χ4v) is 2.82. The summed E-state index contributed by atoms with van der Waals surface area (Å²) in [7, 11) is 7.08. The van der Waals surface area contributed by atoms with Crippen molar-refractivity contribution in [2.75, 3.05) is 41.5 Å². The van der Waals surface area contributed by atoms with E-state index in [2.05, 4.69) is 26.3 Å². The number of pyridine rings is 1. The molecule has 0 aliphatic rings. The Bertz CT molecular complexity index is 780. The highest BCUT2D eigenvalue weighted by Crippen LogP contribution is 2.27. The summed E-state index contributed by atoms with van der Waals surface area (Å²) in [6.07, 6.45) is 2.59. The number of ether oxygens (including phenoxy) is 3. The molecule has 1 aromatic carbocycles. The molecule has 7 heteroatoms. The Balaban J connectivity index is 1.94. The summed E-state index contributed by atoms with van der Waals surface area (Å²) in [6.45, 7) is 3.94. The van der Waals surface area contributed by atoms with Crippen LogP contribution in [0.5, 0.6) is 17.4 Å². The predicted molar refractivity (Wildman–Crippen MR) is 111 cm³/mol. The summed E-state index contributed by atoms with van der Waals surface area (Å²) in [5.41, 5.74) is 2.17. The number of guanidine groups is 1. The Hall–Kier alpha value is -2.96. The SMILES string of the molecule is CCOc1ncccc1CNC(=NC)N(C)CCc1ccc(OC)c(OC)c1. The third-order valence-electron chi connectivity index (χ3n) is 4.33. The minimum atomic E-state index is 0.587. The third kappa shape index (κ3) is 5.77. The molecule has 2 aromatic rings. The molecular formula is C21H30N4O3. The molecule has 1 aromatic heterocycles. The number of aromatic nitrogens is 1. The fourth-order valence-electron chi connectivity index (χ4n) is 2.82. The van der Waals surface area contributed by atoms with Crippen molar-refractivity contribution >= 4 is 5.96 Å². The minimum Gasteiger partial charge on any atom is -0.493 e. The molecule has 0 atom stereocenters. The first-order valence-electron chi connectivity index (χ1n) is 9.32. The van der Waals surface area contributed by atoms with Crippen molar-refractivity contribution in [3.05, 3.63) is 47.7 Å². The molecule has 152 valence electrons. The molecule has 7 nitrogen and oxygen atoms in total. The molecule has 0 saturated carbocycles. The summed E-state index contributed by atoms with van der Waals surface area (Å²) < 4.78 is 16.3. The molecule has 0 spiro atoms. The second kappa shape index (κ2) is 11.0. The molecule has 0 aliphatic carbocycles. The summed E-state index contributed by atoms with van der Waals surface area (Å²) in [4.78, 5) is 10.8. The number of hydrogen-bond donors (Lipinski definition) is 1. The van der Waals surface area contributed by atoms with Gasteiger partial charge in [0.15, 0.2) is 17.5 Å². The van der Waals surface area contributed by atoms with Crippen molar-refractivity contribution in [3.8, 4) is 17.4 Å². The first-order valence-corrected chi connectivity index (χ1v) is 9.32. The van der Waals surface area contributed by atoms with Gasteiger partial charge < -0.3 is 24.4 Å². The van der Waals surface area contributed by atoms with Gasteiger partial charge in [-0.3, -0.25) is 4.99 Å². The van der Waals surface area contributed by atoms with Gasteiger partial charge in [-0.25, -0.2) is 4.98 Å².